The van der Waals surface area contributed by atoms with Crippen molar-refractivity contribution in [2.45, 2.75) is 216 Å². The van der Waals surface area contributed by atoms with Gasteiger partial charge in [-0.1, -0.05) is 52.7 Å². The molecule has 632 valence electrons. The maximum Gasteiger partial charge on any atom is 0.326 e. The number of aliphatic hydroxyl groups excluding tert-OH is 3. The van der Waals surface area contributed by atoms with Crippen LogP contribution in [-0.4, -0.2) is 290 Å². The molecule has 3 rings (SSSR count). The molecule has 113 heavy (non-hydrogen) atoms. The Morgan fingerprint density at radius 3 is 1.50 bits per heavy atom. The number of aromatic hydroxyl groups is 1. The van der Waals surface area contributed by atoms with Crippen molar-refractivity contribution in [1.82, 2.24) is 68.3 Å². The molecule has 0 spiro atoms. The summed E-state index contributed by atoms with van der Waals surface area (Å²) in [6, 6.07) is -14.9. The lowest BCUT2D eigenvalue weighted by Gasteiger charge is -2.31. The highest BCUT2D eigenvalue weighted by Crippen LogP contribution is 2.22. The van der Waals surface area contributed by atoms with E-state index >= 15 is 0 Å². The fourth-order valence-corrected chi connectivity index (χ4v) is 12.5. The van der Waals surface area contributed by atoms with Crippen LogP contribution in [0, 0.1) is 11.8 Å². The van der Waals surface area contributed by atoms with Gasteiger partial charge >= 0.3 is 11.9 Å². The number of hydrogen-bond donors (Lipinski definition) is 23. The van der Waals surface area contributed by atoms with Crippen molar-refractivity contribution in [3.63, 3.8) is 0 Å². The Morgan fingerprint density at radius 2 is 0.982 bits per heavy atom. The van der Waals surface area contributed by atoms with Crippen molar-refractivity contribution in [3.05, 3.63) is 29.8 Å². The van der Waals surface area contributed by atoms with Gasteiger partial charge in [-0.05, 0) is 113 Å². The number of primary amides is 1. The van der Waals surface area contributed by atoms with Gasteiger partial charge in [-0.3, -0.25) is 81.9 Å². The van der Waals surface area contributed by atoms with Crippen LogP contribution in [0.4, 0.5) is 0 Å². The number of hydrogen-bond acceptors (Lipinski definition) is 24. The van der Waals surface area contributed by atoms with E-state index in [0.717, 1.165) is 16.7 Å². The first-order valence-electron chi connectivity index (χ1n) is 37.0. The third-order valence-electron chi connectivity index (χ3n) is 18.8. The lowest BCUT2D eigenvalue weighted by molar-refractivity contribution is -0.148. The molecule has 0 aliphatic carbocycles. The van der Waals surface area contributed by atoms with Gasteiger partial charge in [-0.15, -0.1) is 0 Å². The number of carboxylic acids is 2. The monoisotopic (exact) mass is 1620 g/mol. The number of aliphatic imine (C=N–C) groups is 2. The van der Waals surface area contributed by atoms with Crippen LogP contribution in [-0.2, 0) is 83.1 Å². The first kappa shape index (κ1) is 96.5. The van der Waals surface area contributed by atoms with E-state index in [1.165, 1.54) is 49.9 Å². The number of nitrogens with two attached hydrogens (primary N) is 6. The summed E-state index contributed by atoms with van der Waals surface area (Å²) in [4.78, 5) is 228. The van der Waals surface area contributed by atoms with Crippen LogP contribution in [0.2, 0.25) is 0 Å². The lowest BCUT2D eigenvalue weighted by Crippen LogP contribution is -2.63. The zero-order chi connectivity index (χ0) is 84.9. The number of amides is 14. The second-order valence-corrected chi connectivity index (χ2v) is 28.5. The number of phenolic OH excluding ortho intramolecular Hbond substituents is 1. The van der Waals surface area contributed by atoms with Crippen molar-refractivity contribution in [2.24, 2.45) is 56.2 Å². The summed E-state index contributed by atoms with van der Waals surface area (Å²) < 4.78 is 0. The molecule has 44 heteroatoms. The SMILES string of the molecule is CC[C@H](C)[C@H](NC(=O)[C@H](CC(=O)O)NC(=O)[C@@H](NC(=O)[C@H](CO)NC(=O)[C@@H](NC(=O)[C@@H]1CCCN1C(=O)[C@H](CO)NC(=O)[C@H](Cc1ccc(O)cc1)NC(=O)[C@H](CCSC)NC(=O)[C@@H](N)CCCN=C(N)N)[C@@H](C)O)[C@@H](C)CC)C(=O)N[C@@H](CCCN=C(N)N)C(=O)N[C@@H](CCC(N)=O)C(=O)NCC(=O)N1CCC[C@H]1C(=O)O. The fourth-order valence-electron chi connectivity index (χ4n) is 12.0. The van der Waals surface area contributed by atoms with Gasteiger partial charge in [0.25, 0.3) is 0 Å². The van der Waals surface area contributed by atoms with Gasteiger partial charge in [0.2, 0.25) is 82.7 Å². The molecule has 43 nitrogen and oxygen atoms in total. The minimum Gasteiger partial charge on any atom is -0.508 e. The fraction of sp³-hybridized carbons (Fsp3) is 0.652. The Morgan fingerprint density at radius 1 is 0.531 bits per heavy atom. The highest BCUT2D eigenvalue weighted by Gasteiger charge is 2.43. The minimum absolute atomic E-state index is 0.00153. The van der Waals surface area contributed by atoms with E-state index in [0.29, 0.717) is 24.2 Å². The Labute approximate surface area is 656 Å². The molecule has 0 bridgehead atoms. The number of carbonyl (C=O) groups excluding carboxylic acids is 14. The molecule has 0 aromatic heterocycles. The van der Waals surface area contributed by atoms with Gasteiger partial charge < -0.3 is 133 Å². The summed E-state index contributed by atoms with van der Waals surface area (Å²) in [7, 11) is 0. The Hall–Kier alpha value is -10.7. The van der Waals surface area contributed by atoms with Crippen LogP contribution in [0.3, 0.4) is 0 Å². The van der Waals surface area contributed by atoms with Gasteiger partial charge in [-0.2, -0.15) is 11.8 Å². The Balaban J connectivity index is 1.83. The maximum absolute atomic E-state index is 14.4. The second-order valence-electron chi connectivity index (χ2n) is 27.5. The van der Waals surface area contributed by atoms with Gasteiger partial charge in [-0.25, -0.2) is 4.79 Å². The number of benzene rings is 1. The van der Waals surface area contributed by atoms with E-state index in [4.69, 9.17) is 34.4 Å². The smallest absolute Gasteiger partial charge is 0.326 e. The summed E-state index contributed by atoms with van der Waals surface area (Å²) in [5.41, 5.74) is 33.6. The van der Waals surface area contributed by atoms with E-state index in [-0.39, 0.29) is 108 Å². The number of nitrogens with one attached hydrogen (secondary N) is 11. The molecular formula is C69H113N21O22S. The van der Waals surface area contributed by atoms with Crippen LogP contribution in [0.25, 0.3) is 0 Å². The van der Waals surface area contributed by atoms with Gasteiger partial charge in [0.15, 0.2) is 11.9 Å². The molecule has 16 atom stereocenters. The number of carbonyl (C=O) groups is 16. The molecule has 2 fully saturated rings. The first-order valence-corrected chi connectivity index (χ1v) is 38.4. The normalized spacial score (nSPS) is 17.5. The third-order valence-corrected chi connectivity index (χ3v) is 19.5. The van der Waals surface area contributed by atoms with Gasteiger partial charge in [0.1, 0.15) is 78.3 Å². The van der Waals surface area contributed by atoms with Crippen LogP contribution >= 0.6 is 11.8 Å². The summed E-state index contributed by atoms with van der Waals surface area (Å²) in [5.74, 6) is -19.1. The Bertz CT molecular complexity index is 3510. The van der Waals surface area contributed by atoms with E-state index in [1.807, 2.05) is 0 Å². The van der Waals surface area contributed by atoms with Crippen LogP contribution in [0.5, 0.6) is 5.75 Å². The van der Waals surface area contributed by atoms with Crippen molar-refractivity contribution < 1.29 is 107 Å². The average Bonchev–Trinajstić information content (AvgIpc) is 1.75. The summed E-state index contributed by atoms with van der Waals surface area (Å²) in [6.45, 7) is 4.38. The zero-order valence-corrected chi connectivity index (χ0v) is 65.0. The first-order chi connectivity index (χ1) is 53.3. The van der Waals surface area contributed by atoms with Crippen molar-refractivity contribution in [1.29, 1.82) is 0 Å². The molecule has 1 aromatic carbocycles. The molecule has 29 N–H and O–H groups in total. The third kappa shape index (κ3) is 32.5. The number of phenols is 1. The number of carboxylic acid groups (broad SMARTS) is 2. The molecular weight excluding hydrogens is 1510 g/mol. The largest absolute Gasteiger partial charge is 0.508 e. The van der Waals surface area contributed by atoms with Crippen molar-refractivity contribution in [2.75, 3.05) is 57.9 Å². The summed E-state index contributed by atoms with van der Waals surface area (Å²) >= 11 is 1.36. The molecule has 0 unspecified atom stereocenters. The molecule has 2 aliphatic rings. The molecule has 2 saturated heterocycles. The van der Waals surface area contributed by atoms with E-state index in [9.17, 15) is 107 Å². The number of nitrogens with zero attached hydrogens (tertiary/aromatic N) is 4. The van der Waals surface area contributed by atoms with Crippen LogP contribution < -0.4 is 92.9 Å². The number of aliphatic hydroxyl groups is 3. The molecule has 2 heterocycles. The van der Waals surface area contributed by atoms with E-state index < -0.39 is 230 Å². The Kier molecular flexibility index (Phi) is 41.8. The lowest BCUT2D eigenvalue weighted by atomic mass is 9.96. The quantitative estimate of drug-likeness (QED) is 0.0164. The second kappa shape index (κ2) is 48.9. The van der Waals surface area contributed by atoms with Crippen molar-refractivity contribution in [3.8, 4) is 5.75 Å². The predicted octanol–water partition coefficient (Wildman–Crippen LogP) is -8.65. The highest BCUT2D eigenvalue weighted by molar-refractivity contribution is 7.98. The molecule has 0 radical (unpaired) electrons. The molecule has 2 aliphatic heterocycles. The zero-order valence-electron chi connectivity index (χ0n) is 64.2. The van der Waals surface area contributed by atoms with Crippen LogP contribution in [0.15, 0.2) is 34.3 Å². The molecule has 0 saturated carbocycles. The number of aliphatic carboxylic acids is 2. The van der Waals surface area contributed by atoms with E-state index in [2.05, 4.69) is 68.5 Å². The number of rotatable bonds is 50. The predicted molar refractivity (Wildman–Crippen MR) is 407 cm³/mol. The molecule has 1 aromatic rings. The standard InChI is InChI=1S/C69H113N21O22S/c1-7-34(3)52(63(107)81-40(14-10-25-77-69(74)75)57(101)80-41(21-22-49(71)95)56(100)78-31-50(96)89-26-12-16-48(89)67(111)112)86-60(104)44(30-51(97)98)83-64(108)53(35(4)8-2)87-61(105)45(32-91)84-65(109)54(36(5)93)88-62(106)47-15-11-27-90(47)66(110)46(33-92)85-59(103)43(29-37-17-19-38(94)20-18-37)82-58(102)42(23-28-113-6)79-55(99)39(70)13-9-24-76-68(72)73/h17-20,34-36,39-48,52-54,91-94H,7-16,21-33,70H2,1-6H3,(H2,71,95)(H,78,100)(H,79,99)(H,80,101)(H,81,107)(H,82,102)(H,83,108)(H,84,109)(H,85,103)(H,86,104)(H,87,105)(H,88,106)(H,97,98)(H,111,112)(H4,72,73,76)(H4,74,75,77)/t34-,35-,36+,39-,40-,41-,42-,43-,44-,45-,46-,47-,48-,52-,53-,54-/m0/s1. The van der Waals surface area contributed by atoms with Crippen LogP contribution in [0.1, 0.15) is 130 Å². The van der Waals surface area contributed by atoms with Gasteiger partial charge in [0.05, 0.1) is 38.3 Å². The number of guanidine groups is 2. The topological polar surface area (TPSA) is 714 Å². The molecule has 14 amide bonds. The number of likely N-dealkylation sites (tertiary alicyclic amines) is 2. The maximum atomic E-state index is 14.4. The van der Waals surface area contributed by atoms with E-state index in [1.54, 1.807) is 20.1 Å². The number of thioether (sulfide) groups is 1. The highest BCUT2D eigenvalue weighted by atomic mass is 32.2. The summed E-state index contributed by atoms with van der Waals surface area (Å²) in [5, 5.41) is 88.3. The van der Waals surface area contributed by atoms with Crippen molar-refractivity contribution >= 4 is 118 Å². The average molecular weight is 1620 g/mol. The van der Waals surface area contributed by atoms with Gasteiger partial charge in [0, 0.05) is 39.0 Å². The summed E-state index contributed by atoms with van der Waals surface area (Å²) in [6.07, 6.45) is -1.05. The minimum atomic E-state index is -2.01.